The van der Waals surface area contributed by atoms with Crippen molar-refractivity contribution in [1.29, 1.82) is 0 Å². The first-order valence-corrected chi connectivity index (χ1v) is 8.93. The summed E-state index contributed by atoms with van der Waals surface area (Å²) in [5.41, 5.74) is 1.25. The summed E-state index contributed by atoms with van der Waals surface area (Å²) >= 11 is 0. The van der Waals surface area contributed by atoms with Gasteiger partial charge in [0.2, 0.25) is 11.7 Å². The second-order valence-electron chi connectivity index (χ2n) is 6.75. The SMILES string of the molecule is COCC(C)n1ccc(NC(=O)c2cccc(-c3noc(C4CC4)n3)c2)n1. The lowest BCUT2D eigenvalue weighted by molar-refractivity contribution is 0.102. The van der Waals surface area contributed by atoms with E-state index in [-0.39, 0.29) is 11.9 Å². The summed E-state index contributed by atoms with van der Waals surface area (Å²) in [7, 11) is 1.65. The van der Waals surface area contributed by atoms with E-state index in [4.69, 9.17) is 9.26 Å². The first-order valence-electron chi connectivity index (χ1n) is 8.93. The van der Waals surface area contributed by atoms with Crippen LogP contribution in [0.4, 0.5) is 5.82 Å². The average Bonchev–Trinajstić information content (AvgIpc) is 3.22. The molecule has 3 aromatic rings. The number of carbonyl (C=O) groups is 1. The fraction of sp³-hybridized carbons (Fsp3) is 0.368. The van der Waals surface area contributed by atoms with Crippen molar-refractivity contribution in [3.05, 3.63) is 48.0 Å². The van der Waals surface area contributed by atoms with Gasteiger partial charge in [-0.25, -0.2) is 0 Å². The van der Waals surface area contributed by atoms with Crippen LogP contribution >= 0.6 is 0 Å². The predicted molar refractivity (Wildman–Crippen MR) is 98.5 cm³/mol. The molecule has 1 atom stereocenters. The molecule has 8 heteroatoms. The molecule has 1 unspecified atom stereocenters. The number of amides is 1. The number of rotatable bonds is 7. The van der Waals surface area contributed by atoms with Gasteiger partial charge in [-0.3, -0.25) is 9.48 Å². The molecule has 140 valence electrons. The number of ether oxygens (including phenoxy) is 1. The number of nitrogens with one attached hydrogen (secondary N) is 1. The summed E-state index contributed by atoms with van der Waals surface area (Å²) in [6, 6.07) is 9.00. The van der Waals surface area contributed by atoms with Gasteiger partial charge in [0.05, 0.1) is 12.6 Å². The van der Waals surface area contributed by atoms with Crippen LogP contribution in [-0.2, 0) is 4.74 Å². The van der Waals surface area contributed by atoms with Crippen molar-refractivity contribution in [2.24, 2.45) is 0 Å². The minimum atomic E-state index is -0.243. The van der Waals surface area contributed by atoms with E-state index in [1.54, 1.807) is 36.1 Å². The normalized spacial score (nSPS) is 14.9. The lowest BCUT2D eigenvalue weighted by atomic mass is 10.1. The zero-order chi connectivity index (χ0) is 18.8. The molecular formula is C19H21N5O3. The highest BCUT2D eigenvalue weighted by molar-refractivity contribution is 6.04. The number of benzene rings is 1. The number of aromatic nitrogens is 4. The van der Waals surface area contributed by atoms with Crippen LogP contribution in [0.1, 0.15) is 48.0 Å². The van der Waals surface area contributed by atoms with Crippen LogP contribution in [-0.4, -0.2) is 39.5 Å². The maximum atomic E-state index is 12.6. The van der Waals surface area contributed by atoms with Gasteiger partial charge < -0.3 is 14.6 Å². The van der Waals surface area contributed by atoms with E-state index >= 15 is 0 Å². The molecule has 1 N–H and O–H groups in total. The fourth-order valence-corrected chi connectivity index (χ4v) is 2.80. The average molecular weight is 367 g/mol. The third kappa shape index (κ3) is 3.90. The van der Waals surface area contributed by atoms with Crippen molar-refractivity contribution < 1.29 is 14.1 Å². The van der Waals surface area contributed by atoms with E-state index in [2.05, 4.69) is 20.6 Å². The minimum Gasteiger partial charge on any atom is -0.382 e. The van der Waals surface area contributed by atoms with E-state index < -0.39 is 0 Å². The Hall–Kier alpha value is -3.00. The van der Waals surface area contributed by atoms with E-state index in [1.165, 1.54) is 0 Å². The molecule has 1 aliphatic carbocycles. The van der Waals surface area contributed by atoms with Crippen molar-refractivity contribution in [2.75, 3.05) is 19.0 Å². The van der Waals surface area contributed by atoms with Gasteiger partial charge in [0, 0.05) is 36.4 Å². The second kappa shape index (κ2) is 7.32. The van der Waals surface area contributed by atoms with Gasteiger partial charge in [0.1, 0.15) is 0 Å². The number of nitrogens with zero attached hydrogens (tertiary/aromatic N) is 4. The molecule has 1 fully saturated rings. The van der Waals surface area contributed by atoms with Crippen LogP contribution < -0.4 is 5.32 Å². The van der Waals surface area contributed by atoms with Crippen molar-refractivity contribution in [3.63, 3.8) is 0 Å². The lowest BCUT2D eigenvalue weighted by Gasteiger charge is -2.10. The Kier molecular flexibility index (Phi) is 4.72. The quantitative estimate of drug-likeness (QED) is 0.689. The Balaban J connectivity index is 1.47. The maximum Gasteiger partial charge on any atom is 0.256 e. The molecule has 8 nitrogen and oxygen atoms in total. The van der Waals surface area contributed by atoms with Crippen molar-refractivity contribution in [1.82, 2.24) is 19.9 Å². The third-order valence-electron chi connectivity index (χ3n) is 4.46. The maximum absolute atomic E-state index is 12.6. The third-order valence-corrected chi connectivity index (χ3v) is 4.46. The summed E-state index contributed by atoms with van der Waals surface area (Å²) in [5, 5.41) is 11.2. The molecule has 4 rings (SSSR count). The molecule has 0 saturated heterocycles. The molecule has 0 aliphatic heterocycles. The van der Waals surface area contributed by atoms with Crippen molar-refractivity contribution in [2.45, 2.75) is 31.7 Å². The van der Waals surface area contributed by atoms with Gasteiger partial charge in [-0.1, -0.05) is 17.3 Å². The highest BCUT2D eigenvalue weighted by Gasteiger charge is 2.29. The molecule has 2 aromatic heterocycles. The number of carbonyl (C=O) groups excluding carboxylic acids is 1. The number of hydrogen-bond acceptors (Lipinski definition) is 6. The summed E-state index contributed by atoms with van der Waals surface area (Å²) in [6.07, 6.45) is 4.01. The first-order chi connectivity index (χ1) is 13.1. The molecule has 2 heterocycles. The Morgan fingerprint density at radius 3 is 3.04 bits per heavy atom. The summed E-state index contributed by atoms with van der Waals surface area (Å²) in [6.45, 7) is 2.54. The van der Waals surface area contributed by atoms with Crippen LogP contribution in [0, 0.1) is 0 Å². The largest absolute Gasteiger partial charge is 0.382 e. The second-order valence-corrected chi connectivity index (χ2v) is 6.75. The van der Waals surface area contributed by atoms with E-state index in [9.17, 15) is 4.79 Å². The molecular weight excluding hydrogens is 346 g/mol. The van der Waals surface area contributed by atoms with Crippen molar-refractivity contribution in [3.8, 4) is 11.4 Å². The molecule has 1 saturated carbocycles. The van der Waals surface area contributed by atoms with E-state index in [0.29, 0.717) is 35.6 Å². The summed E-state index contributed by atoms with van der Waals surface area (Å²) in [4.78, 5) is 17.0. The predicted octanol–water partition coefficient (Wildman–Crippen LogP) is 3.27. The van der Waals surface area contributed by atoms with Crippen LogP contribution in [0.3, 0.4) is 0 Å². The smallest absolute Gasteiger partial charge is 0.256 e. The number of hydrogen-bond donors (Lipinski definition) is 1. The number of anilines is 1. The highest BCUT2D eigenvalue weighted by Crippen LogP contribution is 2.39. The zero-order valence-corrected chi connectivity index (χ0v) is 15.3. The minimum absolute atomic E-state index is 0.0860. The topological polar surface area (TPSA) is 95.1 Å². The first kappa shape index (κ1) is 17.4. The fourth-order valence-electron chi connectivity index (χ4n) is 2.80. The Morgan fingerprint density at radius 1 is 1.41 bits per heavy atom. The standard InChI is InChI=1S/C19H21N5O3/c1-12(11-26-2)24-9-8-16(22-24)20-18(25)15-5-3-4-14(10-15)17-21-19(27-23-17)13-6-7-13/h3-5,8-10,12-13H,6-7,11H2,1-2H3,(H,20,22,25). The van der Waals surface area contributed by atoms with Crippen LogP contribution in [0.15, 0.2) is 41.1 Å². The van der Waals surface area contributed by atoms with Gasteiger partial charge in [0.15, 0.2) is 5.82 Å². The molecule has 0 bridgehead atoms. The van der Waals surface area contributed by atoms with Gasteiger partial charge in [-0.05, 0) is 31.9 Å². The molecule has 0 spiro atoms. The van der Waals surface area contributed by atoms with Gasteiger partial charge in [0.25, 0.3) is 5.91 Å². The van der Waals surface area contributed by atoms with Gasteiger partial charge in [-0.15, -0.1) is 0 Å². The molecule has 27 heavy (non-hydrogen) atoms. The Morgan fingerprint density at radius 2 is 2.26 bits per heavy atom. The number of methoxy groups -OCH3 is 1. The Bertz CT molecular complexity index is 944. The van der Waals surface area contributed by atoms with Crippen LogP contribution in [0.25, 0.3) is 11.4 Å². The molecule has 1 amide bonds. The van der Waals surface area contributed by atoms with Gasteiger partial charge >= 0.3 is 0 Å². The van der Waals surface area contributed by atoms with E-state index in [1.807, 2.05) is 19.2 Å². The molecule has 1 aromatic carbocycles. The summed E-state index contributed by atoms with van der Waals surface area (Å²) in [5.74, 6) is 1.82. The highest BCUT2D eigenvalue weighted by atomic mass is 16.5. The van der Waals surface area contributed by atoms with Crippen molar-refractivity contribution >= 4 is 11.7 Å². The van der Waals surface area contributed by atoms with Crippen LogP contribution in [0.2, 0.25) is 0 Å². The zero-order valence-electron chi connectivity index (χ0n) is 15.3. The Labute approximate surface area is 156 Å². The van der Waals surface area contributed by atoms with Gasteiger partial charge in [-0.2, -0.15) is 10.1 Å². The lowest BCUT2D eigenvalue weighted by Crippen LogP contribution is -2.15. The monoisotopic (exact) mass is 367 g/mol. The van der Waals surface area contributed by atoms with Crippen LogP contribution in [0.5, 0.6) is 0 Å². The van der Waals surface area contributed by atoms with E-state index in [0.717, 1.165) is 18.4 Å². The summed E-state index contributed by atoms with van der Waals surface area (Å²) < 4.78 is 12.2. The molecule has 0 radical (unpaired) electrons. The molecule has 1 aliphatic rings.